The van der Waals surface area contributed by atoms with Crippen LogP contribution in [0.5, 0.6) is 0 Å². The van der Waals surface area contributed by atoms with Gasteiger partial charge in [0.15, 0.2) is 16.4 Å². The summed E-state index contributed by atoms with van der Waals surface area (Å²) in [6.07, 6.45) is 0.437. The number of carbonyl (C=O) groups is 2. The van der Waals surface area contributed by atoms with Crippen LogP contribution in [0.15, 0.2) is 24.3 Å². The largest absolute Gasteiger partial charge is 0.452 e. The molecule has 1 saturated heterocycles. The van der Waals surface area contributed by atoms with Crippen LogP contribution in [0.4, 0.5) is 0 Å². The van der Waals surface area contributed by atoms with Gasteiger partial charge >= 0.3 is 5.97 Å². The van der Waals surface area contributed by atoms with Gasteiger partial charge in [-0.2, -0.15) is 0 Å². The van der Waals surface area contributed by atoms with Gasteiger partial charge in [0, 0.05) is 16.2 Å². The molecular weight excluding hydrogens is 433 g/mol. The first-order valence-corrected chi connectivity index (χ1v) is 10.1. The van der Waals surface area contributed by atoms with Gasteiger partial charge in [-0.25, -0.2) is 13.2 Å². The molecule has 0 saturated carbocycles. The molecule has 0 radical (unpaired) electrons. The lowest BCUT2D eigenvalue weighted by molar-refractivity contribution is -0.136. The van der Waals surface area contributed by atoms with Gasteiger partial charge < -0.3 is 9.64 Å². The summed E-state index contributed by atoms with van der Waals surface area (Å²) < 4.78 is 29.1. The second kappa shape index (κ2) is 7.61. The minimum absolute atomic E-state index is 0.0162. The van der Waals surface area contributed by atoms with Gasteiger partial charge in [0.1, 0.15) is 0 Å². The van der Waals surface area contributed by atoms with Crippen LogP contribution >= 0.6 is 22.6 Å². The molecule has 0 unspecified atom stereocenters. The predicted molar refractivity (Wildman–Crippen MR) is 93.9 cm³/mol. The Balaban J connectivity index is 1.92. The number of carbonyl (C=O) groups excluding carboxylic acids is 2. The van der Waals surface area contributed by atoms with Crippen LogP contribution in [0.25, 0.3) is 0 Å². The number of benzene rings is 1. The van der Waals surface area contributed by atoms with E-state index in [4.69, 9.17) is 4.74 Å². The number of ether oxygens (including phenoxy) is 1. The molecule has 0 spiro atoms. The lowest BCUT2D eigenvalue weighted by Gasteiger charge is -2.26. The minimum Gasteiger partial charge on any atom is -0.452 e. The van der Waals surface area contributed by atoms with E-state index in [0.29, 0.717) is 18.5 Å². The third-order valence-corrected chi connectivity index (χ3v) is 6.19. The van der Waals surface area contributed by atoms with Crippen molar-refractivity contribution in [3.05, 3.63) is 33.4 Å². The number of nitrogens with zero attached hydrogens (tertiary/aromatic N) is 1. The number of likely N-dealkylation sites (N-methyl/N-ethyl adjacent to an activating group) is 1. The van der Waals surface area contributed by atoms with Crippen molar-refractivity contribution < 1.29 is 22.7 Å². The third-order valence-electron chi connectivity index (χ3n) is 3.72. The van der Waals surface area contributed by atoms with Gasteiger partial charge in [-0.05, 0) is 60.2 Å². The summed E-state index contributed by atoms with van der Waals surface area (Å²) in [6.45, 7) is 1.79. The molecule has 6 nitrogen and oxygen atoms in total. The molecule has 23 heavy (non-hydrogen) atoms. The van der Waals surface area contributed by atoms with Crippen LogP contribution in [-0.4, -0.2) is 55.9 Å². The van der Waals surface area contributed by atoms with Crippen LogP contribution in [0.3, 0.4) is 0 Å². The van der Waals surface area contributed by atoms with Gasteiger partial charge in [0.25, 0.3) is 5.91 Å². The molecule has 1 aromatic carbocycles. The molecule has 0 bridgehead atoms. The van der Waals surface area contributed by atoms with E-state index in [-0.39, 0.29) is 30.1 Å². The Bertz CT molecular complexity index is 686. The lowest BCUT2D eigenvalue weighted by Crippen LogP contribution is -2.43. The Hall–Kier alpha value is -1.16. The van der Waals surface area contributed by atoms with Crippen molar-refractivity contribution in [1.29, 1.82) is 0 Å². The van der Waals surface area contributed by atoms with E-state index in [1.54, 1.807) is 31.2 Å². The average Bonchev–Trinajstić information content (AvgIpc) is 2.86. The fourth-order valence-electron chi connectivity index (χ4n) is 2.54. The van der Waals surface area contributed by atoms with Crippen molar-refractivity contribution in [2.24, 2.45) is 0 Å². The number of amides is 1. The molecule has 1 aliphatic rings. The summed E-state index contributed by atoms with van der Waals surface area (Å²) in [4.78, 5) is 25.6. The van der Waals surface area contributed by atoms with E-state index in [1.807, 2.05) is 0 Å². The monoisotopic (exact) mass is 451 g/mol. The maximum atomic E-state index is 12.2. The summed E-state index contributed by atoms with van der Waals surface area (Å²) in [5.74, 6) is -0.847. The summed E-state index contributed by atoms with van der Waals surface area (Å²) in [7, 11) is -3.06. The average molecular weight is 451 g/mol. The van der Waals surface area contributed by atoms with Crippen LogP contribution in [0, 0.1) is 3.57 Å². The molecule has 1 aromatic rings. The first kappa shape index (κ1) is 18.2. The molecule has 126 valence electrons. The van der Waals surface area contributed by atoms with Gasteiger partial charge in [-0.15, -0.1) is 0 Å². The van der Waals surface area contributed by atoms with Gasteiger partial charge in [0.2, 0.25) is 0 Å². The maximum Gasteiger partial charge on any atom is 0.338 e. The number of sulfone groups is 1. The van der Waals surface area contributed by atoms with Crippen LogP contribution in [0.2, 0.25) is 0 Å². The number of esters is 1. The van der Waals surface area contributed by atoms with Gasteiger partial charge in [-0.3, -0.25) is 4.79 Å². The van der Waals surface area contributed by atoms with E-state index < -0.39 is 15.8 Å². The minimum atomic E-state index is -3.06. The highest BCUT2D eigenvalue weighted by Gasteiger charge is 2.34. The van der Waals surface area contributed by atoms with Crippen molar-refractivity contribution in [1.82, 2.24) is 4.90 Å². The molecule has 1 fully saturated rings. The van der Waals surface area contributed by atoms with E-state index in [2.05, 4.69) is 22.6 Å². The highest BCUT2D eigenvalue weighted by molar-refractivity contribution is 14.1. The topological polar surface area (TPSA) is 80.8 Å². The molecule has 8 heteroatoms. The van der Waals surface area contributed by atoms with Gasteiger partial charge in [0.05, 0.1) is 17.1 Å². The van der Waals surface area contributed by atoms with Crippen molar-refractivity contribution in [3.8, 4) is 0 Å². The second-order valence-corrected chi connectivity index (χ2v) is 8.79. The zero-order valence-corrected chi connectivity index (χ0v) is 15.7. The molecule has 1 amide bonds. The lowest BCUT2D eigenvalue weighted by atomic mass is 10.2. The number of hydrogen-bond acceptors (Lipinski definition) is 5. The van der Waals surface area contributed by atoms with Gasteiger partial charge in [-0.1, -0.05) is 0 Å². The molecule has 0 aliphatic carbocycles. The zero-order chi connectivity index (χ0) is 17.0. The van der Waals surface area contributed by atoms with Crippen molar-refractivity contribution in [2.75, 3.05) is 24.7 Å². The first-order chi connectivity index (χ1) is 10.8. The number of halogens is 1. The smallest absolute Gasteiger partial charge is 0.338 e. The standard InChI is InChI=1S/C15H18INO5S/c1-2-17(13-7-8-23(20,21)10-13)14(18)9-22-15(19)11-3-5-12(16)6-4-11/h3-6,13H,2,7-10H2,1H3/t13-/m1/s1. The number of hydrogen-bond donors (Lipinski definition) is 0. The Morgan fingerprint density at radius 3 is 2.48 bits per heavy atom. The van der Waals surface area contributed by atoms with Crippen LogP contribution in [-0.2, 0) is 19.4 Å². The Morgan fingerprint density at radius 1 is 1.30 bits per heavy atom. The highest BCUT2D eigenvalue weighted by atomic mass is 127. The first-order valence-electron chi connectivity index (χ1n) is 7.25. The summed E-state index contributed by atoms with van der Waals surface area (Å²) >= 11 is 2.13. The van der Waals surface area contributed by atoms with Crippen LogP contribution in [0.1, 0.15) is 23.7 Å². The fraction of sp³-hybridized carbons (Fsp3) is 0.467. The molecular formula is C15H18INO5S. The van der Waals surface area contributed by atoms with Crippen molar-refractivity contribution in [3.63, 3.8) is 0 Å². The summed E-state index contributed by atoms with van der Waals surface area (Å²) in [5.41, 5.74) is 0.379. The Kier molecular flexibility index (Phi) is 6.01. The normalized spacial score (nSPS) is 19.3. The highest BCUT2D eigenvalue weighted by Crippen LogP contribution is 2.18. The Morgan fingerprint density at radius 2 is 1.96 bits per heavy atom. The van der Waals surface area contributed by atoms with E-state index in [0.717, 1.165) is 3.57 Å². The van der Waals surface area contributed by atoms with E-state index >= 15 is 0 Å². The predicted octanol–water partition coefficient (Wildman–Crippen LogP) is 1.48. The molecule has 1 heterocycles. The maximum absolute atomic E-state index is 12.2. The SMILES string of the molecule is CCN(C(=O)COC(=O)c1ccc(I)cc1)[C@@H]1CCS(=O)(=O)C1. The fourth-order valence-corrected chi connectivity index (χ4v) is 4.63. The molecule has 1 atom stereocenters. The molecule has 1 aliphatic heterocycles. The van der Waals surface area contributed by atoms with E-state index in [1.165, 1.54) is 4.90 Å². The van der Waals surface area contributed by atoms with Crippen molar-refractivity contribution >= 4 is 44.3 Å². The zero-order valence-electron chi connectivity index (χ0n) is 12.7. The number of rotatable bonds is 5. The van der Waals surface area contributed by atoms with Crippen LogP contribution < -0.4 is 0 Å². The van der Waals surface area contributed by atoms with E-state index in [9.17, 15) is 18.0 Å². The molecule has 0 N–H and O–H groups in total. The summed E-state index contributed by atoms with van der Waals surface area (Å²) in [6, 6.07) is 6.50. The summed E-state index contributed by atoms with van der Waals surface area (Å²) in [5, 5.41) is 0. The second-order valence-electron chi connectivity index (χ2n) is 5.32. The molecule has 2 rings (SSSR count). The van der Waals surface area contributed by atoms with Crippen molar-refractivity contribution in [2.45, 2.75) is 19.4 Å². The molecule has 0 aromatic heterocycles. The quantitative estimate of drug-likeness (QED) is 0.501. The Labute approximate surface area is 149 Å². The third kappa shape index (κ3) is 4.90.